The van der Waals surface area contributed by atoms with Gasteiger partial charge in [-0.2, -0.15) is 0 Å². The number of piperidine rings is 1. The maximum atomic E-state index is 11.3. The fraction of sp³-hybridized carbons (Fsp3) is 0.500. The molecule has 0 radical (unpaired) electrons. The summed E-state index contributed by atoms with van der Waals surface area (Å²) in [5, 5.41) is 20.2. The number of anilines is 1. The number of nitro groups is 1. The van der Waals surface area contributed by atoms with Crippen molar-refractivity contribution in [2.75, 3.05) is 31.7 Å². The van der Waals surface area contributed by atoms with Gasteiger partial charge in [0.2, 0.25) is 0 Å². The van der Waals surface area contributed by atoms with E-state index in [9.17, 15) is 20.0 Å². The van der Waals surface area contributed by atoms with Crippen LogP contribution < -0.4 is 4.90 Å². The Balaban J connectivity index is 2.33. The van der Waals surface area contributed by atoms with Crippen LogP contribution in [-0.4, -0.2) is 42.8 Å². The smallest absolute Gasteiger partial charge is 0.337 e. The van der Waals surface area contributed by atoms with Crippen LogP contribution in [0.3, 0.4) is 0 Å². The van der Waals surface area contributed by atoms with Crippen LogP contribution in [0.4, 0.5) is 11.4 Å². The molecule has 114 valence electrons. The Morgan fingerprint density at radius 1 is 1.57 bits per heavy atom. The molecule has 1 N–H and O–H groups in total. The molecule has 0 saturated carbocycles. The molecule has 1 aromatic carbocycles. The number of nitro benzene ring substituents is 1. The zero-order valence-corrected chi connectivity index (χ0v) is 11.8. The Hall–Kier alpha value is -2.15. The average molecular weight is 294 g/mol. The Labute approximate surface area is 122 Å². The first kappa shape index (κ1) is 15.2. The third kappa shape index (κ3) is 3.49. The number of methoxy groups -OCH3 is 1. The van der Waals surface area contributed by atoms with Crippen molar-refractivity contribution in [1.82, 2.24) is 0 Å². The van der Waals surface area contributed by atoms with Crippen molar-refractivity contribution in [2.45, 2.75) is 12.8 Å². The van der Waals surface area contributed by atoms with E-state index in [-0.39, 0.29) is 11.3 Å². The zero-order chi connectivity index (χ0) is 15.4. The molecule has 1 aliphatic rings. The van der Waals surface area contributed by atoms with Gasteiger partial charge in [-0.05, 0) is 24.8 Å². The molecule has 2 rings (SSSR count). The van der Waals surface area contributed by atoms with Crippen LogP contribution in [0.2, 0.25) is 0 Å². The predicted molar refractivity (Wildman–Crippen MR) is 76.9 cm³/mol. The highest BCUT2D eigenvalue weighted by Gasteiger charge is 2.25. The maximum Gasteiger partial charge on any atom is 0.337 e. The number of carboxylic acid groups (broad SMARTS) is 1. The molecule has 7 nitrogen and oxygen atoms in total. The number of carboxylic acids is 1. The SMILES string of the molecule is COCC1CCCN(c2cc([N+](=O)[O-])ccc2C(=O)O)C1. The summed E-state index contributed by atoms with van der Waals surface area (Å²) in [7, 11) is 1.63. The Kier molecular flexibility index (Phi) is 4.74. The largest absolute Gasteiger partial charge is 0.478 e. The van der Waals surface area contributed by atoms with Gasteiger partial charge in [0.1, 0.15) is 0 Å². The molecular formula is C14H18N2O5. The van der Waals surface area contributed by atoms with Gasteiger partial charge in [0.05, 0.1) is 22.8 Å². The van der Waals surface area contributed by atoms with Crippen LogP contribution in [0.15, 0.2) is 18.2 Å². The highest BCUT2D eigenvalue weighted by molar-refractivity contribution is 5.95. The van der Waals surface area contributed by atoms with Crippen molar-refractivity contribution in [3.63, 3.8) is 0 Å². The van der Waals surface area contributed by atoms with E-state index in [0.29, 0.717) is 31.3 Å². The summed E-state index contributed by atoms with van der Waals surface area (Å²) in [6.07, 6.45) is 1.93. The van der Waals surface area contributed by atoms with Crippen molar-refractivity contribution in [1.29, 1.82) is 0 Å². The van der Waals surface area contributed by atoms with E-state index in [4.69, 9.17) is 4.74 Å². The molecular weight excluding hydrogens is 276 g/mol. The minimum absolute atomic E-state index is 0.0936. The molecule has 1 aliphatic heterocycles. The molecule has 0 aromatic heterocycles. The molecule has 21 heavy (non-hydrogen) atoms. The predicted octanol–water partition coefficient (Wildman–Crippen LogP) is 2.16. The summed E-state index contributed by atoms with van der Waals surface area (Å²) in [4.78, 5) is 23.6. The van der Waals surface area contributed by atoms with E-state index >= 15 is 0 Å². The molecule has 7 heteroatoms. The summed E-state index contributed by atoms with van der Waals surface area (Å²) in [6, 6.07) is 3.87. The Morgan fingerprint density at radius 3 is 2.95 bits per heavy atom. The lowest BCUT2D eigenvalue weighted by Crippen LogP contribution is -2.38. The lowest BCUT2D eigenvalue weighted by molar-refractivity contribution is -0.384. The standard InChI is InChI=1S/C14H18N2O5/c1-21-9-10-3-2-6-15(8-10)13-7-11(16(19)20)4-5-12(13)14(17)18/h4-5,7,10H,2-3,6,8-9H2,1H3,(H,17,18). The highest BCUT2D eigenvalue weighted by atomic mass is 16.6. The third-order valence-electron chi connectivity index (χ3n) is 3.68. The van der Waals surface area contributed by atoms with Crippen molar-refractivity contribution < 1.29 is 19.6 Å². The summed E-state index contributed by atoms with van der Waals surface area (Å²) in [5.41, 5.74) is 0.417. The fourth-order valence-corrected chi connectivity index (χ4v) is 2.73. The van der Waals surface area contributed by atoms with Gasteiger partial charge in [0.25, 0.3) is 5.69 Å². The number of nitrogens with zero attached hydrogens (tertiary/aromatic N) is 2. The van der Waals surface area contributed by atoms with E-state index in [2.05, 4.69) is 0 Å². The van der Waals surface area contributed by atoms with Crippen LogP contribution in [0.1, 0.15) is 23.2 Å². The monoisotopic (exact) mass is 294 g/mol. The molecule has 1 aromatic rings. The second-order valence-corrected chi connectivity index (χ2v) is 5.17. The van der Waals surface area contributed by atoms with Crippen molar-refractivity contribution in [3.05, 3.63) is 33.9 Å². The molecule has 0 aliphatic carbocycles. The second kappa shape index (κ2) is 6.53. The number of hydrogen-bond donors (Lipinski definition) is 1. The summed E-state index contributed by atoms with van der Waals surface area (Å²) >= 11 is 0. The topological polar surface area (TPSA) is 92.9 Å². The van der Waals surface area contributed by atoms with E-state index < -0.39 is 10.9 Å². The van der Waals surface area contributed by atoms with Crippen LogP contribution in [0.25, 0.3) is 0 Å². The van der Waals surface area contributed by atoms with E-state index in [1.54, 1.807) is 7.11 Å². The van der Waals surface area contributed by atoms with Gasteiger partial charge in [-0.25, -0.2) is 4.79 Å². The summed E-state index contributed by atoms with van der Waals surface area (Å²) in [5.74, 6) is -0.765. The van der Waals surface area contributed by atoms with Gasteiger partial charge in [-0.3, -0.25) is 10.1 Å². The lowest BCUT2D eigenvalue weighted by Gasteiger charge is -2.34. The molecule has 0 bridgehead atoms. The number of carbonyl (C=O) groups is 1. The number of ether oxygens (including phenoxy) is 1. The fourth-order valence-electron chi connectivity index (χ4n) is 2.73. The van der Waals surface area contributed by atoms with Gasteiger partial charge >= 0.3 is 5.97 Å². The number of hydrogen-bond acceptors (Lipinski definition) is 5. The van der Waals surface area contributed by atoms with Gasteiger partial charge in [0, 0.05) is 32.3 Å². The highest BCUT2D eigenvalue weighted by Crippen LogP contribution is 2.30. The lowest BCUT2D eigenvalue weighted by atomic mass is 9.97. The van der Waals surface area contributed by atoms with E-state index in [1.165, 1.54) is 18.2 Å². The van der Waals surface area contributed by atoms with Gasteiger partial charge in [-0.15, -0.1) is 0 Å². The van der Waals surface area contributed by atoms with Crippen molar-refractivity contribution >= 4 is 17.3 Å². The summed E-state index contributed by atoms with van der Waals surface area (Å²) in [6.45, 7) is 1.95. The van der Waals surface area contributed by atoms with Crippen LogP contribution in [-0.2, 0) is 4.74 Å². The van der Waals surface area contributed by atoms with Crippen LogP contribution in [0, 0.1) is 16.0 Å². The second-order valence-electron chi connectivity index (χ2n) is 5.17. The maximum absolute atomic E-state index is 11.3. The molecule has 1 unspecified atom stereocenters. The first-order chi connectivity index (χ1) is 10.0. The first-order valence-corrected chi connectivity index (χ1v) is 6.78. The Morgan fingerprint density at radius 2 is 2.33 bits per heavy atom. The number of aromatic carboxylic acids is 1. The minimum atomic E-state index is -1.08. The third-order valence-corrected chi connectivity index (χ3v) is 3.68. The summed E-state index contributed by atoms with van der Waals surface area (Å²) < 4.78 is 5.15. The van der Waals surface area contributed by atoms with Gasteiger partial charge in [-0.1, -0.05) is 0 Å². The number of non-ortho nitro benzene ring substituents is 1. The molecule has 0 amide bonds. The molecule has 1 heterocycles. The minimum Gasteiger partial charge on any atom is -0.478 e. The van der Waals surface area contributed by atoms with Crippen LogP contribution in [0.5, 0.6) is 0 Å². The average Bonchev–Trinajstić information content (AvgIpc) is 2.47. The quantitative estimate of drug-likeness (QED) is 0.660. The zero-order valence-electron chi connectivity index (χ0n) is 11.8. The van der Waals surface area contributed by atoms with Gasteiger partial charge < -0.3 is 14.7 Å². The van der Waals surface area contributed by atoms with Crippen LogP contribution >= 0.6 is 0 Å². The molecule has 1 fully saturated rings. The number of benzene rings is 1. The first-order valence-electron chi connectivity index (χ1n) is 6.78. The molecule has 0 spiro atoms. The normalized spacial score (nSPS) is 18.5. The van der Waals surface area contributed by atoms with Gasteiger partial charge in [0.15, 0.2) is 0 Å². The Bertz CT molecular complexity index is 544. The van der Waals surface area contributed by atoms with E-state index in [1.807, 2.05) is 4.90 Å². The van der Waals surface area contributed by atoms with E-state index in [0.717, 1.165) is 12.8 Å². The number of rotatable bonds is 5. The molecule has 1 saturated heterocycles. The van der Waals surface area contributed by atoms with Crippen molar-refractivity contribution in [2.24, 2.45) is 5.92 Å². The molecule has 1 atom stereocenters. The van der Waals surface area contributed by atoms with Crippen molar-refractivity contribution in [3.8, 4) is 0 Å².